The first kappa shape index (κ1) is 45.7. The van der Waals surface area contributed by atoms with E-state index in [1.165, 1.54) is 0 Å². The van der Waals surface area contributed by atoms with Crippen molar-refractivity contribution in [2.24, 2.45) is 5.41 Å². The average molecular weight is 787 g/mol. The molecule has 18 heteroatoms. The summed E-state index contributed by atoms with van der Waals surface area (Å²) >= 11 is 0. The van der Waals surface area contributed by atoms with Gasteiger partial charge in [0.15, 0.2) is 0 Å². The predicted molar refractivity (Wildman–Crippen MR) is 207 cm³/mol. The highest BCUT2D eigenvalue weighted by atomic mass is 16.5. The number of imidazole rings is 3. The lowest BCUT2D eigenvalue weighted by Crippen LogP contribution is -2.43. The number of nitrogens with zero attached hydrogens (tertiary/aromatic N) is 6. The van der Waals surface area contributed by atoms with Gasteiger partial charge < -0.3 is 53.9 Å². The number of rotatable bonds is 34. The highest BCUT2D eigenvalue weighted by Crippen LogP contribution is 2.21. The monoisotopic (exact) mass is 786 g/mol. The minimum Gasteiger partial charge on any atom is -0.380 e. The Balaban J connectivity index is 1.50. The Morgan fingerprint density at radius 2 is 0.804 bits per heavy atom. The molecule has 4 N–H and O–H groups in total. The molecule has 56 heavy (non-hydrogen) atoms. The van der Waals surface area contributed by atoms with E-state index in [1.54, 1.807) is 37.6 Å². The van der Waals surface area contributed by atoms with E-state index >= 15 is 0 Å². The first-order chi connectivity index (χ1) is 27.4. The van der Waals surface area contributed by atoms with Crippen molar-refractivity contribution in [3.63, 3.8) is 0 Å². The normalized spacial score (nSPS) is 11.4. The van der Waals surface area contributed by atoms with Gasteiger partial charge in [0.1, 0.15) is 0 Å². The van der Waals surface area contributed by atoms with Crippen LogP contribution in [0.25, 0.3) is 0 Å². The molecule has 0 aliphatic rings. The number of amides is 4. The Hall–Kier alpha value is -4.65. The fourth-order valence-electron chi connectivity index (χ4n) is 5.41. The topological polar surface area (TPSA) is 207 Å². The lowest BCUT2D eigenvalue weighted by Gasteiger charge is -2.33. The van der Waals surface area contributed by atoms with E-state index in [0.29, 0.717) is 26.2 Å². The third-order valence-electron chi connectivity index (χ3n) is 8.52. The van der Waals surface area contributed by atoms with Gasteiger partial charge in [-0.3, -0.25) is 19.2 Å². The van der Waals surface area contributed by atoms with Crippen molar-refractivity contribution in [1.82, 2.24) is 49.9 Å². The molecular formula is C38H62N10O8. The molecule has 0 saturated heterocycles. The molecular weight excluding hydrogens is 724 g/mol. The van der Waals surface area contributed by atoms with Gasteiger partial charge in [-0.15, -0.1) is 0 Å². The summed E-state index contributed by atoms with van der Waals surface area (Å²) in [6.07, 6.45) is 19.8. The molecule has 0 fully saturated rings. The van der Waals surface area contributed by atoms with Crippen LogP contribution in [0.1, 0.15) is 58.3 Å². The summed E-state index contributed by atoms with van der Waals surface area (Å²) in [5.41, 5.74) is -0.857. The van der Waals surface area contributed by atoms with Crippen LogP contribution in [0, 0.1) is 5.41 Å². The van der Waals surface area contributed by atoms with Crippen LogP contribution >= 0.6 is 0 Å². The van der Waals surface area contributed by atoms with Crippen molar-refractivity contribution in [1.29, 1.82) is 0 Å². The molecule has 0 bridgehead atoms. The van der Waals surface area contributed by atoms with Crippen LogP contribution < -0.4 is 21.3 Å². The lowest BCUT2D eigenvalue weighted by molar-refractivity contribution is -0.129. The molecule has 0 atom stereocenters. The molecule has 0 aromatic carbocycles. The largest absolute Gasteiger partial charge is 0.380 e. The Bertz CT molecular complexity index is 1300. The first-order valence-electron chi connectivity index (χ1n) is 19.6. The van der Waals surface area contributed by atoms with Crippen LogP contribution in [0.15, 0.2) is 56.2 Å². The van der Waals surface area contributed by atoms with E-state index in [2.05, 4.69) is 36.2 Å². The molecule has 3 heterocycles. The van der Waals surface area contributed by atoms with Crippen molar-refractivity contribution in [2.45, 2.75) is 77.9 Å². The van der Waals surface area contributed by atoms with E-state index in [1.807, 2.05) is 39.2 Å². The minimum atomic E-state index is -0.857. The summed E-state index contributed by atoms with van der Waals surface area (Å²) in [6.45, 7) is 7.49. The van der Waals surface area contributed by atoms with Crippen molar-refractivity contribution in [3.05, 3.63) is 56.2 Å². The molecule has 0 unspecified atom stereocenters. The predicted octanol–water partition coefficient (Wildman–Crippen LogP) is 1.33. The number of hydrogen-bond acceptors (Lipinski definition) is 11. The fraction of sp³-hybridized carbons (Fsp3) is 0.658. The van der Waals surface area contributed by atoms with Crippen LogP contribution in [-0.2, 0) is 57.8 Å². The minimum absolute atomic E-state index is 0.107. The summed E-state index contributed by atoms with van der Waals surface area (Å²) in [5.74, 6) is -0.496. The fourth-order valence-corrected chi connectivity index (χ4v) is 5.41. The molecule has 0 aliphatic carbocycles. The number of aromatic nitrogens is 6. The summed E-state index contributed by atoms with van der Waals surface area (Å²) < 4.78 is 30.0. The zero-order valence-corrected chi connectivity index (χ0v) is 32.9. The standard InChI is InChI=1S/C38H62N10O8/c1-2-10-42-34(49)6-23-53-27-38(28-54-24-7-35(50)43-11-3-17-46-20-14-39-31-46,29-55-25-8-36(51)44-12-4-18-47-21-15-40-32-47)30-56-26-9-37(52)45-13-5-19-48-22-16-41-33-48/h14-16,20-22,31-33H,2-13,17-19,23-30H2,1H3,(H,42,49)(H,43,50)(H,44,51)(H,45,52). The Kier molecular flexibility index (Phi) is 23.5. The quantitative estimate of drug-likeness (QED) is 0.0636. The molecule has 0 aliphatic heterocycles. The van der Waals surface area contributed by atoms with E-state index in [0.717, 1.165) is 45.3 Å². The van der Waals surface area contributed by atoms with Crippen molar-refractivity contribution in [3.8, 4) is 0 Å². The van der Waals surface area contributed by atoms with Gasteiger partial charge in [-0.2, -0.15) is 0 Å². The van der Waals surface area contributed by atoms with Crippen molar-refractivity contribution >= 4 is 23.6 Å². The molecule has 3 aromatic heterocycles. The highest BCUT2D eigenvalue weighted by Gasteiger charge is 2.33. The maximum Gasteiger partial charge on any atom is 0.222 e. The van der Waals surface area contributed by atoms with E-state index < -0.39 is 5.41 Å². The van der Waals surface area contributed by atoms with Gasteiger partial charge in [-0.1, -0.05) is 6.92 Å². The SMILES string of the molecule is CCCNC(=O)CCOCC(COCCC(=O)NCCCn1ccnc1)(COCCC(=O)NCCCn1ccnc1)COCCC(=O)NCCCn1ccnc1. The van der Waals surface area contributed by atoms with E-state index in [-0.39, 0.29) is 102 Å². The van der Waals surface area contributed by atoms with Crippen molar-refractivity contribution in [2.75, 3.05) is 79.0 Å². The summed E-state index contributed by atoms with van der Waals surface area (Å²) in [5, 5.41) is 11.6. The second-order valence-corrected chi connectivity index (χ2v) is 13.6. The third kappa shape index (κ3) is 21.4. The van der Waals surface area contributed by atoms with Gasteiger partial charge in [0.05, 0.1) is 77.3 Å². The molecule has 0 saturated carbocycles. The number of hydrogen-bond donors (Lipinski definition) is 4. The van der Waals surface area contributed by atoms with Crippen LogP contribution in [0.3, 0.4) is 0 Å². The molecule has 18 nitrogen and oxygen atoms in total. The van der Waals surface area contributed by atoms with Gasteiger partial charge in [-0.05, 0) is 25.7 Å². The highest BCUT2D eigenvalue weighted by molar-refractivity contribution is 5.77. The number of nitrogens with one attached hydrogen (secondary N) is 4. The third-order valence-corrected chi connectivity index (χ3v) is 8.52. The molecule has 312 valence electrons. The Morgan fingerprint density at radius 3 is 1.07 bits per heavy atom. The number of aryl methyl sites for hydroxylation is 3. The Labute approximate surface area is 329 Å². The molecule has 0 spiro atoms. The van der Waals surface area contributed by atoms with Gasteiger partial charge in [0.2, 0.25) is 23.6 Å². The lowest BCUT2D eigenvalue weighted by atomic mass is 9.92. The summed E-state index contributed by atoms with van der Waals surface area (Å²) in [4.78, 5) is 61.9. The molecule has 3 rings (SSSR count). The molecule has 3 aromatic rings. The van der Waals surface area contributed by atoms with Crippen LogP contribution in [0.2, 0.25) is 0 Å². The van der Waals surface area contributed by atoms with Gasteiger partial charge in [-0.25, -0.2) is 15.0 Å². The maximum atomic E-state index is 12.5. The second-order valence-electron chi connectivity index (χ2n) is 13.6. The van der Waals surface area contributed by atoms with Crippen LogP contribution in [0.4, 0.5) is 0 Å². The summed E-state index contributed by atoms with van der Waals surface area (Å²) in [6, 6.07) is 0. The number of carbonyl (C=O) groups excluding carboxylic acids is 4. The first-order valence-corrected chi connectivity index (χ1v) is 19.6. The zero-order chi connectivity index (χ0) is 39.9. The molecule has 4 amide bonds. The number of carbonyl (C=O) groups is 4. The summed E-state index contributed by atoms with van der Waals surface area (Å²) in [7, 11) is 0. The van der Waals surface area contributed by atoms with E-state index in [4.69, 9.17) is 18.9 Å². The van der Waals surface area contributed by atoms with Crippen LogP contribution in [-0.4, -0.2) is 131 Å². The second kappa shape index (κ2) is 28.7. The maximum absolute atomic E-state index is 12.5. The zero-order valence-electron chi connectivity index (χ0n) is 32.9. The van der Waals surface area contributed by atoms with Gasteiger partial charge in [0, 0.05) is 109 Å². The van der Waals surface area contributed by atoms with E-state index in [9.17, 15) is 19.2 Å². The van der Waals surface area contributed by atoms with Crippen molar-refractivity contribution < 1.29 is 38.1 Å². The molecule has 0 radical (unpaired) electrons. The Morgan fingerprint density at radius 1 is 0.500 bits per heavy atom. The number of ether oxygens (including phenoxy) is 4. The average Bonchev–Trinajstić information content (AvgIpc) is 4.02. The van der Waals surface area contributed by atoms with Crippen LogP contribution in [0.5, 0.6) is 0 Å². The van der Waals surface area contributed by atoms with Gasteiger partial charge >= 0.3 is 0 Å². The van der Waals surface area contributed by atoms with Gasteiger partial charge in [0.25, 0.3) is 0 Å². The smallest absolute Gasteiger partial charge is 0.222 e.